The highest BCUT2D eigenvalue weighted by atomic mass is 16.5. The Labute approximate surface area is 94.6 Å². The summed E-state index contributed by atoms with van der Waals surface area (Å²) in [6, 6.07) is 4.16. The lowest BCUT2D eigenvalue weighted by atomic mass is 10.1. The number of aryl methyl sites for hydroxylation is 1. The smallest absolute Gasteiger partial charge is 0.151 e. The van der Waals surface area contributed by atoms with Gasteiger partial charge in [-0.05, 0) is 43.4 Å². The van der Waals surface area contributed by atoms with Crippen molar-refractivity contribution < 1.29 is 4.74 Å². The van der Waals surface area contributed by atoms with Crippen LogP contribution in [0.4, 0.5) is 5.69 Å². The summed E-state index contributed by atoms with van der Waals surface area (Å²) in [5.41, 5.74) is 10.3. The molecular weight excluding hydrogens is 200 g/mol. The number of methoxy groups -OCH3 is 1. The van der Waals surface area contributed by atoms with E-state index >= 15 is 0 Å². The van der Waals surface area contributed by atoms with Crippen molar-refractivity contribution in [3.05, 3.63) is 23.4 Å². The predicted octanol–water partition coefficient (Wildman–Crippen LogP) is 2.94. The van der Waals surface area contributed by atoms with Crippen LogP contribution >= 0.6 is 0 Å². The monoisotopic (exact) mass is 216 g/mol. The first-order valence-electron chi connectivity index (χ1n) is 5.66. The first-order valence-corrected chi connectivity index (χ1v) is 5.66. The van der Waals surface area contributed by atoms with Gasteiger partial charge in [-0.2, -0.15) is 0 Å². The maximum atomic E-state index is 5.96. The summed E-state index contributed by atoms with van der Waals surface area (Å²) in [5, 5.41) is 1.11. The van der Waals surface area contributed by atoms with Crippen LogP contribution in [-0.4, -0.2) is 12.1 Å². The number of rotatable bonds is 2. The lowest BCUT2D eigenvalue weighted by Gasteiger charge is -2.07. The van der Waals surface area contributed by atoms with E-state index in [9.17, 15) is 0 Å². The molecule has 0 spiro atoms. The molecule has 2 aromatic rings. The van der Waals surface area contributed by atoms with E-state index in [4.69, 9.17) is 10.5 Å². The van der Waals surface area contributed by atoms with Gasteiger partial charge in [0.2, 0.25) is 0 Å². The fourth-order valence-corrected chi connectivity index (χ4v) is 2.33. The quantitative estimate of drug-likeness (QED) is 0.758. The van der Waals surface area contributed by atoms with E-state index in [1.165, 1.54) is 24.1 Å². The van der Waals surface area contributed by atoms with Crippen molar-refractivity contribution in [3.63, 3.8) is 0 Å². The Morgan fingerprint density at radius 2 is 2.12 bits per heavy atom. The molecule has 1 saturated carbocycles. The molecule has 0 atom stereocenters. The largest absolute Gasteiger partial charge is 0.494 e. The SMILES string of the molecule is COc1c(N)cc(C)c2[nH]c(C3CC3)cc12. The minimum absolute atomic E-state index is 0.717. The molecule has 0 radical (unpaired) electrons. The van der Waals surface area contributed by atoms with Crippen LogP contribution in [0.25, 0.3) is 10.9 Å². The summed E-state index contributed by atoms with van der Waals surface area (Å²) >= 11 is 0. The zero-order chi connectivity index (χ0) is 11.3. The molecule has 3 N–H and O–H groups in total. The number of ether oxygens (including phenoxy) is 1. The summed E-state index contributed by atoms with van der Waals surface area (Å²) in [6.45, 7) is 2.07. The van der Waals surface area contributed by atoms with E-state index < -0.39 is 0 Å². The third kappa shape index (κ3) is 1.28. The molecule has 0 unspecified atom stereocenters. The average molecular weight is 216 g/mol. The van der Waals surface area contributed by atoms with E-state index in [0.717, 1.165) is 22.6 Å². The maximum absolute atomic E-state index is 5.96. The summed E-state index contributed by atoms with van der Waals surface area (Å²) in [5.74, 6) is 1.52. The van der Waals surface area contributed by atoms with Crippen molar-refractivity contribution in [1.29, 1.82) is 0 Å². The molecule has 0 amide bonds. The molecule has 1 heterocycles. The molecule has 1 aromatic heterocycles. The Morgan fingerprint density at radius 1 is 1.38 bits per heavy atom. The number of aromatic nitrogens is 1. The number of hydrogen-bond donors (Lipinski definition) is 2. The van der Waals surface area contributed by atoms with Crippen LogP contribution in [0.1, 0.15) is 30.0 Å². The van der Waals surface area contributed by atoms with Crippen molar-refractivity contribution >= 4 is 16.6 Å². The van der Waals surface area contributed by atoms with Crippen LogP contribution in [0.3, 0.4) is 0 Å². The first-order chi connectivity index (χ1) is 7.70. The van der Waals surface area contributed by atoms with Crippen molar-refractivity contribution in [2.45, 2.75) is 25.7 Å². The Morgan fingerprint density at radius 3 is 2.75 bits per heavy atom. The van der Waals surface area contributed by atoms with Crippen LogP contribution < -0.4 is 10.5 Å². The van der Waals surface area contributed by atoms with Crippen LogP contribution in [0.5, 0.6) is 5.75 Å². The number of nitrogens with two attached hydrogens (primary N) is 1. The van der Waals surface area contributed by atoms with Gasteiger partial charge in [-0.25, -0.2) is 0 Å². The fourth-order valence-electron chi connectivity index (χ4n) is 2.33. The molecule has 1 aliphatic rings. The molecule has 0 bridgehead atoms. The molecule has 1 aromatic carbocycles. The van der Waals surface area contributed by atoms with E-state index in [1.807, 2.05) is 6.07 Å². The lowest BCUT2D eigenvalue weighted by molar-refractivity contribution is 0.422. The second-order valence-electron chi connectivity index (χ2n) is 4.60. The van der Waals surface area contributed by atoms with Gasteiger partial charge in [0.1, 0.15) is 0 Å². The predicted molar refractivity (Wildman–Crippen MR) is 66.0 cm³/mol. The fraction of sp³-hybridized carbons (Fsp3) is 0.385. The van der Waals surface area contributed by atoms with E-state index in [-0.39, 0.29) is 0 Å². The average Bonchev–Trinajstić information content (AvgIpc) is 2.99. The number of aromatic amines is 1. The third-order valence-corrected chi connectivity index (χ3v) is 3.33. The van der Waals surface area contributed by atoms with Crippen molar-refractivity contribution in [3.8, 4) is 5.75 Å². The Balaban J connectivity index is 2.29. The van der Waals surface area contributed by atoms with Gasteiger partial charge in [0.05, 0.1) is 18.3 Å². The van der Waals surface area contributed by atoms with Gasteiger partial charge in [0, 0.05) is 11.1 Å². The zero-order valence-electron chi connectivity index (χ0n) is 9.63. The van der Waals surface area contributed by atoms with E-state index in [1.54, 1.807) is 7.11 Å². The normalized spacial score (nSPS) is 15.6. The number of H-pyrrole nitrogens is 1. The molecular formula is C13H16N2O. The maximum Gasteiger partial charge on any atom is 0.151 e. The molecule has 0 saturated heterocycles. The topological polar surface area (TPSA) is 51.0 Å². The van der Waals surface area contributed by atoms with Crippen LogP contribution in [0.2, 0.25) is 0 Å². The lowest BCUT2D eigenvalue weighted by Crippen LogP contribution is -1.93. The first kappa shape index (κ1) is 9.58. The van der Waals surface area contributed by atoms with Gasteiger partial charge >= 0.3 is 0 Å². The highest BCUT2D eigenvalue weighted by Crippen LogP contribution is 2.43. The van der Waals surface area contributed by atoms with Gasteiger partial charge < -0.3 is 15.5 Å². The second-order valence-corrected chi connectivity index (χ2v) is 4.60. The molecule has 3 rings (SSSR count). The Kier molecular flexibility index (Phi) is 1.90. The highest BCUT2D eigenvalue weighted by Gasteiger charge is 2.26. The minimum Gasteiger partial charge on any atom is -0.494 e. The van der Waals surface area contributed by atoms with Crippen LogP contribution in [-0.2, 0) is 0 Å². The van der Waals surface area contributed by atoms with E-state index in [2.05, 4.69) is 18.0 Å². The summed E-state index contributed by atoms with van der Waals surface area (Å²) in [6.07, 6.45) is 2.59. The highest BCUT2D eigenvalue weighted by molar-refractivity contribution is 5.94. The molecule has 3 nitrogen and oxygen atoms in total. The number of anilines is 1. The molecule has 1 aliphatic carbocycles. The number of benzene rings is 1. The number of fused-ring (bicyclic) bond motifs is 1. The summed E-state index contributed by atoms with van der Waals surface area (Å²) < 4.78 is 5.38. The number of hydrogen-bond acceptors (Lipinski definition) is 2. The number of nitrogen functional groups attached to an aromatic ring is 1. The minimum atomic E-state index is 0.717. The van der Waals surface area contributed by atoms with Gasteiger partial charge in [-0.15, -0.1) is 0 Å². The molecule has 16 heavy (non-hydrogen) atoms. The van der Waals surface area contributed by atoms with Gasteiger partial charge in [-0.3, -0.25) is 0 Å². The van der Waals surface area contributed by atoms with Crippen LogP contribution in [0, 0.1) is 6.92 Å². The Bertz CT molecular complexity index is 553. The summed E-state index contributed by atoms with van der Waals surface area (Å²) in [4.78, 5) is 3.49. The molecule has 84 valence electrons. The van der Waals surface area contributed by atoms with Crippen LogP contribution in [0.15, 0.2) is 12.1 Å². The van der Waals surface area contributed by atoms with Gasteiger partial charge in [0.25, 0.3) is 0 Å². The number of nitrogens with one attached hydrogen (secondary N) is 1. The van der Waals surface area contributed by atoms with Crippen molar-refractivity contribution in [2.24, 2.45) is 0 Å². The van der Waals surface area contributed by atoms with Gasteiger partial charge in [-0.1, -0.05) is 0 Å². The summed E-state index contributed by atoms with van der Waals surface area (Å²) in [7, 11) is 1.67. The zero-order valence-corrected chi connectivity index (χ0v) is 9.63. The molecule has 1 fully saturated rings. The van der Waals surface area contributed by atoms with Crippen molar-refractivity contribution in [2.75, 3.05) is 12.8 Å². The standard InChI is InChI=1S/C13H16N2O/c1-7-5-10(14)13(16-2)9-6-11(8-3-4-8)15-12(7)9/h5-6,8,15H,3-4,14H2,1-2H3. The molecule has 3 heteroatoms. The second kappa shape index (κ2) is 3.17. The Hall–Kier alpha value is -1.64. The molecule has 0 aliphatic heterocycles. The van der Waals surface area contributed by atoms with E-state index in [0.29, 0.717) is 5.69 Å². The van der Waals surface area contributed by atoms with Gasteiger partial charge in [0.15, 0.2) is 5.75 Å². The van der Waals surface area contributed by atoms with Crippen molar-refractivity contribution in [1.82, 2.24) is 4.98 Å². The third-order valence-electron chi connectivity index (χ3n) is 3.33.